The van der Waals surface area contributed by atoms with Gasteiger partial charge in [-0.25, -0.2) is 0 Å². The molecule has 9 N–H and O–H groups in total. The van der Waals surface area contributed by atoms with Crippen molar-refractivity contribution in [1.29, 1.82) is 0 Å². The van der Waals surface area contributed by atoms with Gasteiger partial charge in [0.1, 0.15) is 48.8 Å². The fraction of sp³-hybridized carbons (Fsp3) is 0.805. The van der Waals surface area contributed by atoms with Crippen LogP contribution in [0.3, 0.4) is 0 Å². The highest BCUT2D eigenvalue weighted by Gasteiger charge is 2.51. The fourth-order valence-electron chi connectivity index (χ4n) is 12.0. The van der Waals surface area contributed by atoms with Gasteiger partial charge in [0.05, 0.1) is 32.0 Å². The molecule has 2 fully saturated rings. The minimum Gasteiger partial charge on any atom is -0.394 e. The second-order valence-electron chi connectivity index (χ2n) is 26.0. The summed E-state index contributed by atoms with van der Waals surface area (Å²) in [5.41, 5.74) is 0. The SMILES string of the molecule is CC/C=C\C/C=C\C/C=C\C/C=C\C/C=C\C/C=C\C/C=C\CCCCCCCCCCCCCC(=O)NC(COC1OC(CO)C(OC2OC(CO)C(O)C(O)C2O)C(O)C1O)C(O)CCCCCCCCCCCCCCCCCCCCCCCCCC. The predicted molar refractivity (Wildman–Crippen MR) is 373 cm³/mol. The molecule has 2 saturated heterocycles. The molecule has 2 aliphatic heterocycles. The Balaban J connectivity index is 1.65. The third-order valence-corrected chi connectivity index (χ3v) is 17.9. The molecule has 2 aliphatic rings. The smallest absolute Gasteiger partial charge is 0.220 e. The summed E-state index contributed by atoms with van der Waals surface area (Å²) in [5.74, 6) is -0.209. The first-order valence-corrected chi connectivity index (χ1v) is 37.3. The minimum atomic E-state index is -1.79. The number of rotatable bonds is 61. The number of allylic oxidation sites excluding steroid dienone is 14. The first-order valence-electron chi connectivity index (χ1n) is 37.3. The lowest BCUT2D eigenvalue weighted by Crippen LogP contribution is -2.65. The second kappa shape index (κ2) is 60.8. The number of nitrogens with one attached hydrogen (secondary N) is 1. The highest BCUT2D eigenvalue weighted by atomic mass is 16.7. The van der Waals surface area contributed by atoms with Crippen molar-refractivity contribution < 1.29 is 64.6 Å². The van der Waals surface area contributed by atoms with Crippen molar-refractivity contribution in [2.75, 3.05) is 19.8 Å². The second-order valence-corrected chi connectivity index (χ2v) is 26.0. The minimum absolute atomic E-state index is 0.209. The Morgan fingerprint density at radius 3 is 1.16 bits per heavy atom. The summed E-state index contributed by atoms with van der Waals surface area (Å²) >= 11 is 0. The summed E-state index contributed by atoms with van der Waals surface area (Å²) in [6.07, 6.45) is 67.4. The Kier molecular flexibility index (Phi) is 56.3. The van der Waals surface area contributed by atoms with Gasteiger partial charge in [-0.1, -0.05) is 311 Å². The molecular weight excluding hydrogens is 1150 g/mol. The first kappa shape index (κ1) is 84.3. The first-order chi connectivity index (χ1) is 44.6. The van der Waals surface area contributed by atoms with Gasteiger partial charge in [0, 0.05) is 6.42 Å². The molecular formula is C77H137NO13. The Morgan fingerprint density at radius 2 is 0.758 bits per heavy atom. The Hall–Kier alpha value is -2.83. The molecule has 0 aliphatic carbocycles. The lowest BCUT2D eigenvalue weighted by molar-refractivity contribution is -0.359. The zero-order valence-corrected chi connectivity index (χ0v) is 57.6. The summed E-state index contributed by atoms with van der Waals surface area (Å²) in [7, 11) is 0. The van der Waals surface area contributed by atoms with Gasteiger partial charge in [-0.05, 0) is 70.6 Å². The highest BCUT2D eigenvalue weighted by molar-refractivity contribution is 5.76. The quantitative estimate of drug-likeness (QED) is 0.0204. The molecule has 91 heavy (non-hydrogen) atoms. The fourth-order valence-corrected chi connectivity index (χ4v) is 12.0. The standard InChI is InChI=1S/C77H137NO13/c1-3-5-7-9-11-13-15-17-19-21-23-25-27-29-30-31-32-33-34-35-36-37-39-41-43-45-47-49-51-53-55-57-59-61-69(82)78-65(64-88-76-74(87)72(85)75(68(63-80)90-76)91-77-73(86)71(84)70(83)67(62-79)89-77)66(81)60-58-56-54-52-50-48-46-44-42-40-38-28-26-24-22-20-18-16-14-12-10-8-6-4-2/h5,7,11,13,17,19,23,25,29-30,32-33,35-36,65-68,70-77,79-81,83-87H,3-4,6,8-10,12,14-16,18,20-22,24,26-28,31,34,37-64H2,1-2H3,(H,78,82)/b7-5-,13-11-,19-17-,25-23-,30-29-,33-32-,36-35-. The van der Waals surface area contributed by atoms with Crippen molar-refractivity contribution in [3.63, 3.8) is 0 Å². The molecule has 528 valence electrons. The van der Waals surface area contributed by atoms with Crippen molar-refractivity contribution in [2.24, 2.45) is 0 Å². The van der Waals surface area contributed by atoms with Crippen molar-refractivity contribution in [3.05, 3.63) is 85.1 Å². The molecule has 14 heteroatoms. The van der Waals surface area contributed by atoms with Gasteiger partial charge >= 0.3 is 0 Å². The molecule has 12 atom stereocenters. The number of hydrogen-bond acceptors (Lipinski definition) is 13. The lowest BCUT2D eigenvalue weighted by Gasteiger charge is -2.46. The van der Waals surface area contributed by atoms with Gasteiger partial charge < -0.3 is 65.1 Å². The zero-order valence-electron chi connectivity index (χ0n) is 57.6. The van der Waals surface area contributed by atoms with Crippen molar-refractivity contribution >= 4 is 5.91 Å². The molecule has 0 spiro atoms. The van der Waals surface area contributed by atoms with Gasteiger partial charge in [-0.15, -0.1) is 0 Å². The normalized spacial score (nSPS) is 23.3. The molecule has 1 amide bonds. The summed E-state index contributed by atoms with van der Waals surface area (Å²) in [4.78, 5) is 13.4. The van der Waals surface area contributed by atoms with Crippen LogP contribution in [0.5, 0.6) is 0 Å². The monoisotopic (exact) mass is 1280 g/mol. The van der Waals surface area contributed by atoms with Crippen LogP contribution in [0.25, 0.3) is 0 Å². The number of hydrogen-bond donors (Lipinski definition) is 9. The van der Waals surface area contributed by atoms with E-state index in [2.05, 4.69) is 104 Å². The lowest BCUT2D eigenvalue weighted by atomic mass is 9.97. The molecule has 2 heterocycles. The van der Waals surface area contributed by atoms with Crippen molar-refractivity contribution in [1.82, 2.24) is 5.32 Å². The molecule has 14 nitrogen and oxygen atoms in total. The molecule has 12 unspecified atom stereocenters. The summed E-state index contributed by atoms with van der Waals surface area (Å²) in [5, 5.41) is 87.7. The van der Waals surface area contributed by atoms with Crippen molar-refractivity contribution in [2.45, 2.75) is 376 Å². The van der Waals surface area contributed by atoms with E-state index in [0.29, 0.717) is 12.8 Å². The maximum absolute atomic E-state index is 13.4. The van der Waals surface area contributed by atoms with Crippen molar-refractivity contribution in [3.8, 4) is 0 Å². The van der Waals surface area contributed by atoms with Gasteiger partial charge in [0.2, 0.25) is 5.91 Å². The van der Waals surface area contributed by atoms with Gasteiger partial charge in [-0.3, -0.25) is 4.79 Å². The van der Waals surface area contributed by atoms with Crippen LogP contribution in [0.15, 0.2) is 85.1 Å². The number of aliphatic hydroxyl groups is 8. The predicted octanol–water partition coefficient (Wildman–Crippen LogP) is 16.0. The van der Waals surface area contributed by atoms with Crippen LogP contribution >= 0.6 is 0 Å². The molecule has 0 aromatic heterocycles. The van der Waals surface area contributed by atoms with Crippen LogP contribution in [-0.4, -0.2) is 140 Å². The number of aliphatic hydroxyl groups excluding tert-OH is 8. The molecule has 2 rings (SSSR count). The maximum Gasteiger partial charge on any atom is 0.220 e. The largest absolute Gasteiger partial charge is 0.394 e. The van der Waals surface area contributed by atoms with Crippen LogP contribution in [-0.2, 0) is 23.7 Å². The van der Waals surface area contributed by atoms with Gasteiger partial charge in [0.25, 0.3) is 0 Å². The number of amides is 1. The van der Waals surface area contributed by atoms with E-state index in [1.807, 2.05) is 0 Å². The third kappa shape index (κ3) is 44.5. The molecule has 0 bridgehead atoms. The zero-order chi connectivity index (χ0) is 65.9. The van der Waals surface area contributed by atoms with E-state index in [4.69, 9.17) is 18.9 Å². The van der Waals surface area contributed by atoms with E-state index in [1.165, 1.54) is 173 Å². The number of carbonyl (C=O) groups is 1. The van der Waals surface area contributed by atoms with E-state index in [-0.39, 0.29) is 12.5 Å². The number of carbonyl (C=O) groups excluding carboxylic acids is 1. The molecule has 0 saturated carbocycles. The summed E-state index contributed by atoms with van der Waals surface area (Å²) in [6, 6.07) is -0.837. The molecule has 0 radical (unpaired) electrons. The van der Waals surface area contributed by atoms with E-state index >= 15 is 0 Å². The van der Waals surface area contributed by atoms with Gasteiger partial charge in [-0.2, -0.15) is 0 Å². The van der Waals surface area contributed by atoms with Crippen LogP contribution in [0, 0.1) is 0 Å². The van der Waals surface area contributed by atoms with Crippen LogP contribution in [0.2, 0.25) is 0 Å². The maximum atomic E-state index is 13.4. The van der Waals surface area contributed by atoms with E-state index in [1.54, 1.807) is 0 Å². The van der Waals surface area contributed by atoms with E-state index < -0.39 is 86.8 Å². The Morgan fingerprint density at radius 1 is 0.407 bits per heavy atom. The Labute approximate surface area is 554 Å². The molecule has 0 aromatic carbocycles. The molecule has 0 aromatic rings. The third-order valence-electron chi connectivity index (χ3n) is 17.9. The van der Waals surface area contributed by atoms with E-state index in [0.717, 1.165) is 103 Å². The number of ether oxygens (including phenoxy) is 4. The van der Waals surface area contributed by atoms with E-state index in [9.17, 15) is 45.6 Å². The Bertz CT molecular complexity index is 1850. The summed E-state index contributed by atoms with van der Waals surface area (Å²) < 4.78 is 22.9. The average Bonchev–Trinajstić information content (AvgIpc) is 1.28. The van der Waals surface area contributed by atoms with Crippen LogP contribution in [0.4, 0.5) is 0 Å². The summed E-state index contributed by atoms with van der Waals surface area (Å²) in [6.45, 7) is 2.78. The topological polar surface area (TPSA) is 228 Å². The van der Waals surface area contributed by atoms with Gasteiger partial charge in [0.15, 0.2) is 12.6 Å². The highest BCUT2D eigenvalue weighted by Crippen LogP contribution is 2.30. The average molecular weight is 1280 g/mol. The van der Waals surface area contributed by atoms with Crippen LogP contribution in [0.1, 0.15) is 303 Å². The van der Waals surface area contributed by atoms with Crippen LogP contribution < -0.4 is 5.32 Å². The number of unbranched alkanes of at least 4 members (excludes halogenated alkanes) is 34.